The molecule has 0 aromatic carbocycles. The topological polar surface area (TPSA) is 91.1 Å². The largest absolute Gasteiger partial charge is 0.481 e. The van der Waals surface area contributed by atoms with Crippen molar-refractivity contribution in [1.29, 1.82) is 0 Å². The van der Waals surface area contributed by atoms with E-state index in [0.717, 1.165) is 30.3 Å². The zero-order valence-electron chi connectivity index (χ0n) is 11.9. The summed E-state index contributed by atoms with van der Waals surface area (Å²) in [4.78, 5) is 22.1. The second-order valence-corrected chi connectivity index (χ2v) is 5.94. The summed E-state index contributed by atoms with van der Waals surface area (Å²) in [7, 11) is 0. The van der Waals surface area contributed by atoms with E-state index in [9.17, 15) is 9.59 Å². The van der Waals surface area contributed by atoms with Crippen molar-refractivity contribution in [2.75, 3.05) is 0 Å². The first-order valence-corrected chi connectivity index (χ1v) is 7.71. The van der Waals surface area contributed by atoms with Crippen LogP contribution in [0.25, 0.3) is 0 Å². The van der Waals surface area contributed by atoms with Gasteiger partial charge in [0.2, 0.25) is 5.91 Å². The van der Waals surface area contributed by atoms with Gasteiger partial charge in [-0.05, 0) is 19.8 Å². The molecule has 0 aromatic rings. The molecule has 20 heavy (non-hydrogen) atoms. The Morgan fingerprint density at radius 1 is 1.40 bits per heavy atom. The normalized spacial score (nSPS) is 21.3. The zero-order chi connectivity index (χ0) is 15.0. The van der Waals surface area contributed by atoms with Gasteiger partial charge in [0.25, 0.3) is 0 Å². The number of hydrogen-bond donors (Lipinski definition) is 2. The molecule has 0 unspecified atom stereocenters. The highest BCUT2D eigenvalue weighted by Gasteiger charge is 2.32. The maximum atomic E-state index is 11.5. The number of nitrogens with zero attached hydrogens (tertiary/aromatic N) is 2. The average molecular weight is 299 g/mol. The number of hydrogen-bond acceptors (Lipinski definition) is 5. The summed E-state index contributed by atoms with van der Waals surface area (Å²) in [6, 6.07) is 0. The van der Waals surface area contributed by atoms with Crippen LogP contribution in [0.5, 0.6) is 0 Å². The third-order valence-corrected chi connectivity index (χ3v) is 3.91. The van der Waals surface area contributed by atoms with Crippen LogP contribution in [0.15, 0.2) is 10.2 Å². The number of thioether (sulfide) groups is 1. The number of amidine groups is 1. The molecule has 1 saturated heterocycles. The van der Waals surface area contributed by atoms with Crippen LogP contribution in [0.1, 0.15) is 52.4 Å². The quantitative estimate of drug-likeness (QED) is 0.409. The summed E-state index contributed by atoms with van der Waals surface area (Å²) in [5.41, 5.74) is 0.921. The Morgan fingerprint density at radius 3 is 2.80 bits per heavy atom. The van der Waals surface area contributed by atoms with Crippen LogP contribution in [-0.4, -0.2) is 33.1 Å². The van der Waals surface area contributed by atoms with Gasteiger partial charge in [-0.2, -0.15) is 5.10 Å². The second-order valence-electron chi connectivity index (χ2n) is 4.74. The summed E-state index contributed by atoms with van der Waals surface area (Å²) in [5, 5.41) is 19.0. The van der Waals surface area contributed by atoms with Crippen molar-refractivity contribution in [1.82, 2.24) is 5.32 Å². The predicted molar refractivity (Wildman–Crippen MR) is 81.1 cm³/mol. The van der Waals surface area contributed by atoms with Crippen LogP contribution in [0.4, 0.5) is 0 Å². The summed E-state index contributed by atoms with van der Waals surface area (Å²) in [5.74, 6) is -1.30. The second kappa shape index (κ2) is 8.73. The van der Waals surface area contributed by atoms with Gasteiger partial charge in [0, 0.05) is 5.71 Å². The van der Waals surface area contributed by atoms with Gasteiger partial charge in [0.1, 0.15) is 5.25 Å². The first kappa shape index (κ1) is 16.7. The lowest BCUT2D eigenvalue weighted by Gasteiger charge is -1.99. The highest BCUT2D eigenvalue weighted by molar-refractivity contribution is 8.15. The van der Waals surface area contributed by atoms with Gasteiger partial charge < -0.3 is 10.4 Å². The molecule has 1 fully saturated rings. The number of rotatable bonds is 8. The van der Waals surface area contributed by atoms with E-state index in [0.29, 0.717) is 5.17 Å². The molecular formula is C13H21N3O3S. The van der Waals surface area contributed by atoms with Gasteiger partial charge in [0.05, 0.1) is 6.42 Å². The molecule has 6 nitrogen and oxygen atoms in total. The Morgan fingerprint density at radius 2 is 2.15 bits per heavy atom. The Labute approximate surface area is 123 Å². The molecule has 1 atom stereocenters. The zero-order valence-corrected chi connectivity index (χ0v) is 12.7. The fraction of sp³-hybridized carbons (Fsp3) is 0.692. The van der Waals surface area contributed by atoms with Crippen LogP contribution in [0.2, 0.25) is 0 Å². The number of nitrogens with one attached hydrogen (secondary N) is 1. The monoisotopic (exact) mass is 299 g/mol. The maximum absolute atomic E-state index is 11.5. The fourth-order valence-electron chi connectivity index (χ4n) is 1.73. The number of unbranched alkanes of at least 4 members (excludes halogenated alkanes) is 3. The van der Waals surface area contributed by atoms with Crippen molar-refractivity contribution in [2.45, 2.75) is 57.6 Å². The lowest BCUT2D eigenvalue weighted by atomic mass is 10.1. The summed E-state index contributed by atoms with van der Waals surface area (Å²) in [6.45, 7) is 4.08. The highest BCUT2D eigenvalue weighted by atomic mass is 32.2. The molecule has 0 bridgehead atoms. The van der Waals surface area contributed by atoms with Crippen LogP contribution < -0.4 is 5.32 Å². The summed E-state index contributed by atoms with van der Waals surface area (Å²) >= 11 is 1.12. The lowest BCUT2D eigenvalue weighted by molar-refractivity contribution is -0.138. The maximum Gasteiger partial charge on any atom is 0.305 e. The highest BCUT2D eigenvalue weighted by Crippen LogP contribution is 2.22. The molecule has 1 aliphatic rings. The van der Waals surface area contributed by atoms with E-state index in [2.05, 4.69) is 22.4 Å². The molecule has 0 saturated carbocycles. The SMILES string of the molecule is CCCCCCC(C)=NN=C1NC(=O)[C@@H](CC(=O)O)S1. The van der Waals surface area contributed by atoms with Gasteiger partial charge in [-0.3, -0.25) is 9.59 Å². The Hall–Kier alpha value is -1.37. The van der Waals surface area contributed by atoms with Crippen molar-refractivity contribution in [3.63, 3.8) is 0 Å². The van der Waals surface area contributed by atoms with E-state index in [1.54, 1.807) is 0 Å². The number of carbonyl (C=O) groups is 2. The number of carbonyl (C=O) groups excluding carboxylic acids is 1. The lowest BCUT2D eigenvalue weighted by Crippen LogP contribution is -2.26. The van der Waals surface area contributed by atoms with E-state index in [1.807, 2.05) is 6.92 Å². The van der Waals surface area contributed by atoms with E-state index in [1.165, 1.54) is 19.3 Å². The van der Waals surface area contributed by atoms with Crippen molar-refractivity contribution in [2.24, 2.45) is 10.2 Å². The third-order valence-electron chi connectivity index (χ3n) is 2.84. The minimum Gasteiger partial charge on any atom is -0.481 e. The number of carboxylic acids is 1. The van der Waals surface area contributed by atoms with Gasteiger partial charge in [-0.15, -0.1) is 5.10 Å². The molecule has 1 heterocycles. The standard InChI is InChI=1S/C13H21N3O3S/c1-3-4-5-6-7-9(2)15-16-13-14-12(19)10(20-13)8-11(17)18/h10H,3-8H2,1-2H3,(H,17,18)(H,14,16,19)/t10-/m1/s1. The van der Waals surface area contributed by atoms with Gasteiger partial charge in [-0.1, -0.05) is 37.9 Å². The van der Waals surface area contributed by atoms with Crippen molar-refractivity contribution >= 4 is 34.5 Å². The van der Waals surface area contributed by atoms with E-state index >= 15 is 0 Å². The number of aliphatic carboxylic acids is 1. The van der Waals surface area contributed by atoms with Crippen molar-refractivity contribution in [3.05, 3.63) is 0 Å². The smallest absolute Gasteiger partial charge is 0.305 e. The molecule has 2 N–H and O–H groups in total. The number of amides is 1. The molecule has 0 spiro atoms. The molecule has 0 aliphatic carbocycles. The molecule has 1 rings (SSSR count). The minimum absolute atomic E-state index is 0.199. The first-order valence-electron chi connectivity index (χ1n) is 6.83. The fourth-order valence-corrected chi connectivity index (χ4v) is 2.64. The van der Waals surface area contributed by atoms with Gasteiger partial charge >= 0.3 is 5.97 Å². The third kappa shape index (κ3) is 6.18. The van der Waals surface area contributed by atoms with Crippen LogP contribution in [0.3, 0.4) is 0 Å². The van der Waals surface area contributed by atoms with E-state index < -0.39 is 11.2 Å². The van der Waals surface area contributed by atoms with Crippen LogP contribution in [0, 0.1) is 0 Å². The Bertz CT molecular complexity index is 421. The van der Waals surface area contributed by atoms with Crippen molar-refractivity contribution in [3.8, 4) is 0 Å². The molecule has 1 aliphatic heterocycles. The first-order chi connectivity index (χ1) is 9.52. The average Bonchev–Trinajstić information content (AvgIpc) is 2.72. The Kier molecular flexibility index (Phi) is 7.28. The number of carboxylic acid groups (broad SMARTS) is 1. The molecule has 1 amide bonds. The van der Waals surface area contributed by atoms with E-state index in [4.69, 9.17) is 5.11 Å². The van der Waals surface area contributed by atoms with Crippen molar-refractivity contribution < 1.29 is 14.7 Å². The Balaban J connectivity index is 2.42. The van der Waals surface area contributed by atoms with Gasteiger partial charge in [-0.25, -0.2) is 0 Å². The molecule has 0 radical (unpaired) electrons. The predicted octanol–water partition coefficient (Wildman–Crippen LogP) is 2.40. The summed E-state index contributed by atoms with van der Waals surface area (Å²) < 4.78 is 0. The molecule has 7 heteroatoms. The minimum atomic E-state index is -0.991. The summed E-state index contributed by atoms with van der Waals surface area (Å²) in [6.07, 6.45) is 5.40. The van der Waals surface area contributed by atoms with E-state index in [-0.39, 0.29) is 12.3 Å². The van der Waals surface area contributed by atoms with Crippen LogP contribution >= 0.6 is 11.8 Å². The molecule has 112 valence electrons. The molecular weight excluding hydrogens is 278 g/mol. The van der Waals surface area contributed by atoms with Gasteiger partial charge in [0.15, 0.2) is 5.17 Å². The van der Waals surface area contributed by atoms with Crippen LogP contribution in [-0.2, 0) is 9.59 Å². The molecule has 0 aromatic heterocycles.